The summed E-state index contributed by atoms with van der Waals surface area (Å²) in [6, 6.07) is 6.58. The van der Waals surface area contributed by atoms with Crippen molar-refractivity contribution in [2.45, 2.75) is 13.5 Å². The van der Waals surface area contributed by atoms with Crippen molar-refractivity contribution < 1.29 is 9.90 Å². The van der Waals surface area contributed by atoms with Crippen LogP contribution in [-0.4, -0.2) is 20.8 Å². The minimum absolute atomic E-state index is 0.0752. The lowest BCUT2D eigenvalue weighted by atomic mass is 10.2. The van der Waals surface area contributed by atoms with Gasteiger partial charge < -0.3 is 16.2 Å². The number of nitrogens with two attached hydrogens (primary N) is 1. The molecule has 0 aliphatic carbocycles. The van der Waals surface area contributed by atoms with Crippen LogP contribution < -0.4 is 11.1 Å². The molecule has 1 aromatic heterocycles. The molecule has 6 nitrogen and oxygen atoms in total. The highest BCUT2D eigenvalue weighted by Crippen LogP contribution is 2.20. The van der Waals surface area contributed by atoms with Crippen molar-refractivity contribution >= 4 is 17.4 Å². The van der Waals surface area contributed by atoms with Gasteiger partial charge in [0.15, 0.2) is 0 Å². The average Bonchev–Trinajstić information content (AvgIpc) is 2.69. The maximum Gasteiger partial charge on any atom is 0.246 e. The van der Waals surface area contributed by atoms with E-state index in [9.17, 15) is 9.90 Å². The molecular formula is C12H14N4O2. The Morgan fingerprint density at radius 2 is 2.28 bits per heavy atom. The third-order valence-electron chi connectivity index (χ3n) is 2.46. The van der Waals surface area contributed by atoms with Gasteiger partial charge in [-0.15, -0.1) is 0 Å². The van der Waals surface area contributed by atoms with Gasteiger partial charge in [0, 0.05) is 18.0 Å². The highest BCUT2D eigenvalue weighted by Gasteiger charge is 2.06. The number of anilines is 2. The van der Waals surface area contributed by atoms with Gasteiger partial charge in [0.25, 0.3) is 0 Å². The van der Waals surface area contributed by atoms with Gasteiger partial charge in [0.05, 0.1) is 0 Å². The first-order valence-corrected chi connectivity index (χ1v) is 5.43. The molecule has 0 aliphatic rings. The van der Waals surface area contributed by atoms with Gasteiger partial charge in [-0.1, -0.05) is 6.07 Å². The Bertz CT molecular complexity index is 577. The number of phenolic OH excluding ortho intramolecular Hbond substituents is 1. The zero-order valence-corrected chi connectivity index (χ0v) is 9.92. The van der Waals surface area contributed by atoms with Crippen molar-refractivity contribution in [3.8, 4) is 5.75 Å². The van der Waals surface area contributed by atoms with Crippen LogP contribution in [0.15, 0.2) is 30.5 Å². The van der Waals surface area contributed by atoms with Crippen LogP contribution in [0.2, 0.25) is 0 Å². The predicted octanol–water partition coefficient (Wildman–Crippen LogP) is 1.12. The van der Waals surface area contributed by atoms with Crippen molar-refractivity contribution in [3.63, 3.8) is 0 Å². The number of hydrogen-bond donors (Lipinski definition) is 3. The minimum atomic E-state index is -0.235. The molecule has 0 fully saturated rings. The SMILES string of the molecule is Cc1ccc(NC(=O)Cn2ccc(N)n2)cc1O. The molecule has 0 bridgehead atoms. The summed E-state index contributed by atoms with van der Waals surface area (Å²) in [5, 5.41) is 16.1. The maximum atomic E-state index is 11.7. The molecule has 0 unspecified atom stereocenters. The van der Waals surface area contributed by atoms with Crippen LogP contribution in [0, 0.1) is 6.92 Å². The average molecular weight is 246 g/mol. The van der Waals surface area contributed by atoms with E-state index in [1.54, 1.807) is 31.3 Å². The van der Waals surface area contributed by atoms with E-state index in [2.05, 4.69) is 10.4 Å². The highest BCUT2D eigenvalue weighted by molar-refractivity contribution is 5.90. The van der Waals surface area contributed by atoms with E-state index in [4.69, 9.17) is 5.73 Å². The van der Waals surface area contributed by atoms with Crippen LogP contribution >= 0.6 is 0 Å². The maximum absolute atomic E-state index is 11.7. The number of aryl methyl sites for hydroxylation is 1. The summed E-state index contributed by atoms with van der Waals surface area (Å²) in [4.78, 5) is 11.7. The Kier molecular flexibility index (Phi) is 3.18. The number of carbonyl (C=O) groups excluding carboxylic acids is 1. The second-order valence-corrected chi connectivity index (χ2v) is 3.99. The monoisotopic (exact) mass is 246 g/mol. The summed E-state index contributed by atoms with van der Waals surface area (Å²) >= 11 is 0. The van der Waals surface area contributed by atoms with Crippen LogP contribution in [0.4, 0.5) is 11.5 Å². The summed E-state index contributed by atoms with van der Waals surface area (Å²) in [6.45, 7) is 1.86. The summed E-state index contributed by atoms with van der Waals surface area (Å²) < 4.78 is 1.44. The number of amides is 1. The van der Waals surface area contributed by atoms with E-state index in [1.165, 1.54) is 10.7 Å². The molecule has 6 heteroatoms. The smallest absolute Gasteiger partial charge is 0.246 e. The topological polar surface area (TPSA) is 93.2 Å². The molecule has 2 aromatic rings. The van der Waals surface area contributed by atoms with Gasteiger partial charge in [-0.05, 0) is 24.6 Å². The molecule has 0 atom stereocenters. The van der Waals surface area contributed by atoms with Gasteiger partial charge in [0.2, 0.25) is 5.91 Å². The van der Waals surface area contributed by atoms with Gasteiger partial charge in [-0.25, -0.2) is 0 Å². The second kappa shape index (κ2) is 4.79. The summed E-state index contributed by atoms with van der Waals surface area (Å²) in [6.07, 6.45) is 1.63. The predicted molar refractivity (Wildman–Crippen MR) is 68.1 cm³/mol. The van der Waals surface area contributed by atoms with Crippen molar-refractivity contribution in [2.75, 3.05) is 11.1 Å². The quantitative estimate of drug-likeness (QED) is 0.756. The van der Waals surface area contributed by atoms with E-state index in [0.717, 1.165) is 5.56 Å². The number of nitrogen functional groups attached to an aromatic ring is 1. The molecule has 2 rings (SSSR count). The normalized spacial score (nSPS) is 10.3. The lowest BCUT2D eigenvalue weighted by Crippen LogP contribution is -2.19. The van der Waals surface area contributed by atoms with Gasteiger partial charge in [-0.2, -0.15) is 5.10 Å². The zero-order valence-electron chi connectivity index (χ0n) is 9.92. The van der Waals surface area contributed by atoms with Crippen LogP contribution in [-0.2, 0) is 11.3 Å². The molecule has 0 spiro atoms. The Morgan fingerprint density at radius 1 is 1.50 bits per heavy atom. The molecule has 0 saturated heterocycles. The highest BCUT2D eigenvalue weighted by atomic mass is 16.3. The Hall–Kier alpha value is -2.50. The van der Waals surface area contributed by atoms with E-state index in [0.29, 0.717) is 11.5 Å². The van der Waals surface area contributed by atoms with E-state index in [-0.39, 0.29) is 18.2 Å². The first-order valence-electron chi connectivity index (χ1n) is 5.43. The number of phenols is 1. The number of rotatable bonds is 3. The van der Waals surface area contributed by atoms with Crippen molar-refractivity contribution in [1.82, 2.24) is 9.78 Å². The van der Waals surface area contributed by atoms with E-state index >= 15 is 0 Å². The van der Waals surface area contributed by atoms with E-state index < -0.39 is 0 Å². The third-order valence-corrected chi connectivity index (χ3v) is 2.46. The fourth-order valence-corrected chi connectivity index (χ4v) is 1.50. The summed E-state index contributed by atoms with van der Waals surface area (Å²) in [5.41, 5.74) is 6.75. The van der Waals surface area contributed by atoms with Crippen molar-refractivity contribution in [2.24, 2.45) is 0 Å². The Balaban J connectivity index is 2.00. The number of nitrogens with one attached hydrogen (secondary N) is 1. The van der Waals surface area contributed by atoms with Gasteiger partial charge in [0.1, 0.15) is 18.1 Å². The number of carbonyl (C=O) groups is 1. The first-order chi connectivity index (χ1) is 8.54. The number of aromatic hydroxyl groups is 1. The van der Waals surface area contributed by atoms with Crippen LogP contribution in [0.25, 0.3) is 0 Å². The fraction of sp³-hybridized carbons (Fsp3) is 0.167. The lowest BCUT2D eigenvalue weighted by molar-refractivity contribution is -0.116. The lowest BCUT2D eigenvalue weighted by Gasteiger charge is -2.07. The molecule has 18 heavy (non-hydrogen) atoms. The molecule has 4 N–H and O–H groups in total. The van der Waals surface area contributed by atoms with Crippen LogP contribution in [0.5, 0.6) is 5.75 Å². The second-order valence-electron chi connectivity index (χ2n) is 3.99. The molecule has 0 aliphatic heterocycles. The number of benzene rings is 1. The Morgan fingerprint density at radius 3 is 2.89 bits per heavy atom. The Labute approximate surface area is 104 Å². The molecule has 1 aromatic carbocycles. The fourth-order valence-electron chi connectivity index (χ4n) is 1.50. The number of nitrogens with zero attached hydrogens (tertiary/aromatic N) is 2. The molecule has 1 amide bonds. The molecule has 0 radical (unpaired) electrons. The largest absolute Gasteiger partial charge is 0.508 e. The molecule has 1 heterocycles. The zero-order chi connectivity index (χ0) is 13.1. The van der Waals surface area contributed by atoms with Crippen LogP contribution in [0.3, 0.4) is 0 Å². The van der Waals surface area contributed by atoms with Gasteiger partial charge >= 0.3 is 0 Å². The van der Waals surface area contributed by atoms with Crippen LogP contribution in [0.1, 0.15) is 5.56 Å². The summed E-state index contributed by atoms with van der Waals surface area (Å²) in [5.74, 6) is 0.285. The van der Waals surface area contributed by atoms with Crippen molar-refractivity contribution in [1.29, 1.82) is 0 Å². The van der Waals surface area contributed by atoms with E-state index in [1.807, 2.05) is 0 Å². The number of hydrogen-bond acceptors (Lipinski definition) is 4. The molecule has 0 saturated carbocycles. The van der Waals surface area contributed by atoms with Gasteiger partial charge in [-0.3, -0.25) is 9.48 Å². The number of aromatic nitrogens is 2. The third kappa shape index (κ3) is 2.79. The summed E-state index contributed by atoms with van der Waals surface area (Å²) in [7, 11) is 0. The first kappa shape index (κ1) is 12.0. The van der Waals surface area contributed by atoms with Crippen molar-refractivity contribution in [3.05, 3.63) is 36.0 Å². The molecule has 94 valence electrons. The minimum Gasteiger partial charge on any atom is -0.508 e. The molecular weight excluding hydrogens is 232 g/mol. The standard InChI is InChI=1S/C12H14N4O2/c1-8-2-3-9(6-10(8)17)14-12(18)7-16-5-4-11(13)15-16/h2-6,17H,7H2,1H3,(H2,13,15)(H,14,18).